The van der Waals surface area contributed by atoms with E-state index >= 15 is 0 Å². The number of carbonyl (C=O) groups is 2. The van der Waals surface area contributed by atoms with Gasteiger partial charge < -0.3 is 5.11 Å². The van der Waals surface area contributed by atoms with Crippen LogP contribution in [-0.4, -0.2) is 40.1 Å². The van der Waals surface area contributed by atoms with Crippen LogP contribution in [0, 0.1) is 0 Å². The summed E-state index contributed by atoms with van der Waals surface area (Å²) >= 11 is 0. The van der Waals surface area contributed by atoms with Gasteiger partial charge in [-0.25, -0.2) is 9.80 Å². The van der Waals surface area contributed by atoms with Gasteiger partial charge in [0.15, 0.2) is 0 Å². The van der Waals surface area contributed by atoms with Crippen molar-refractivity contribution in [2.75, 3.05) is 13.1 Å². The Bertz CT molecular complexity index is 313. The third-order valence-corrected chi connectivity index (χ3v) is 2.22. The van der Waals surface area contributed by atoms with E-state index in [1.165, 1.54) is 0 Å². The molecule has 6 nitrogen and oxygen atoms in total. The minimum atomic E-state index is -1.02. The molecule has 0 unspecified atom stereocenters. The molecule has 14 heavy (non-hydrogen) atoms. The lowest BCUT2D eigenvalue weighted by Gasteiger charge is -2.18. The number of hydrogen-bond donors (Lipinski definition) is 2. The molecule has 76 valence electrons. The van der Waals surface area contributed by atoms with E-state index in [-0.39, 0.29) is 12.6 Å². The van der Waals surface area contributed by atoms with Gasteiger partial charge in [-0.15, -0.1) is 0 Å². The quantitative estimate of drug-likeness (QED) is 0.651. The summed E-state index contributed by atoms with van der Waals surface area (Å²) in [4.78, 5) is 23.6. The Labute approximate surface area is 80.7 Å². The second-order valence-electron chi connectivity index (χ2n) is 3.26. The number of allylic oxidation sites excluding steroid dienone is 1. The van der Waals surface area contributed by atoms with E-state index in [9.17, 15) is 9.59 Å². The second kappa shape index (κ2) is 3.21. The monoisotopic (exact) mass is 197 g/mol. The molecule has 0 bridgehead atoms. The van der Waals surface area contributed by atoms with E-state index in [4.69, 9.17) is 5.11 Å². The van der Waals surface area contributed by atoms with Crippen LogP contribution in [0.4, 0.5) is 4.79 Å². The van der Waals surface area contributed by atoms with Crippen molar-refractivity contribution in [1.29, 1.82) is 0 Å². The van der Waals surface area contributed by atoms with Crippen molar-refractivity contribution in [3.63, 3.8) is 0 Å². The number of carboxylic acids is 1. The molecule has 0 aromatic carbocycles. The van der Waals surface area contributed by atoms with Crippen molar-refractivity contribution >= 4 is 12.0 Å². The van der Waals surface area contributed by atoms with Crippen LogP contribution < -0.4 is 5.43 Å². The van der Waals surface area contributed by atoms with Gasteiger partial charge in [-0.3, -0.25) is 15.1 Å². The third-order valence-electron chi connectivity index (χ3n) is 2.22. The van der Waals surface area contributed by atoms with Crippen LogP contribution in [0.15, 0.2) is 11.9 Å². The van der Waals surface area contributed by atoms with Gasteiger partial charge in [0, 0.05) is 6.54 Å². The first kappa shape index (κ1) is 8.86. The zero-order chi connectivity index (χ0) is 10.1. The van der Waals surface area contributed by atoms with Crippen molar-refractivity contribution in [1.82, 2.24) is 15.3 Å². The lowest BCUT2D eigenvalue weighted by Crippen LogP contribution is -2.39. The van der Waals surface area contributed by atoms with Gasteiger partial charge in [0.25, 0.3) is 0 Å². The van der Waals surface area contributed by atoms with E-state index in [2.05, 4.69) is 5.43 Å². The summed E-state index contributed by atoms with van der Waals surface area (Å²) in [7, 11) is 0. The fraction of sp³-hybridized carbons (Fsp3) is 0.500. The predicted molar refractivity (Wildman–Crippen MR) is 46.9 cm³/mol. The topological polar surface area (TPSA) is 72.9 Å². The number of aliphatic carboxylic acids is 1. The van der Waals surface area contributed by atoms with Crippen LogP contribution in [0.2, 0.25) is 0 Å². The van der Waals surface area contributed by atoms with E-state index in [0.717, 1.165) is 17.9 Å². The van der Waals surface area contributed by atoms with Crippen molar-refractivity contribution in [3.8, 4) is 0 Å². The smallest absolute Gasteiger partial charge is 0.344 e. The van der Waals surface area contributed by atoms with Crippen LogP contribution in [-0.2, 0) is 4.79 Å². The van der Waals surface area contributed by atoms with Crippen LogP contribution in [0.25, 0.3) is 0 Å². The highest BCUT2D eigenvalue weighted by Crippen LogP contribution is 2.19. The molecule has 2 heterocycles. The van der Waals surface area contributed by atoms with E-state index < -0.39 is 5.97 Å². The summed E-state index contributed by atoms with van der Waals surface area (Å²) in [6.07, 6.45) is 3.76. The zero-order valence-corrected chi connectivity index (χ0v) is 7.56. The lowest BCUT2D eigenvalue weighted by atomic mass is 10.2. The van der Waals surface area contributed by atoms with E-state index in [0.29, 0.717) is 12.4 Å². The molecule has 2 N–H and O–H groups in total. The van der Waals surface area contributed by atoms with Crippen LogP contribution in [0.5, 0.6) is 0 Å². The van der Waals surface area contributed by atoms with Gasteiger partial charge in [0.1, 0.15) is 12.4 Å². The number of hydrazine groups is 1. The first-order valence-electron chi connectivity index (χ1n) is 4.46. The molecule has 2 rings (SSSR count). The van der Waals surface area contributed by atoms with Crippen molar-refractivity contribution in [2.24, 2.45) is 0 Å². The number of nitrogens with one attached hydrogen (secondary N) is 1. The standard InChI is InChI=1S/C8H11N3O3/c12-7(13)5-11-8(14)10-4-2-1-3-6(10)9-11/h3,9H,1-2,4-5H2,(H,12,13). The highest BCUT2D eigenvalue weighted by atomic mass is 16.4. The molecule has 0 saturated carbocycles. The third kappa shape index (κ3) is 1.39. The Morgan fingerprint density at radius 1 is 1.64 bits per heavy atom. The highest BCUT2D eigenvalue weighted by Gasteiger charge is 2.34. The highest BCUT2D eigenvalue weighted by molar-refractivity contribution is 5.83. The average Bonchev–Trinajstić information content (AvgIpc) is 2.44. The summed E-state index contributed by atoms with van der Waals surface area (Å²) in [5.41, 5.74) is 2.76. The molecule has 6 heteroatoms. The Morgan fingerprint density at radius 3 is 3.07 bits per heavy atom. The van der Waals surface area contributed by atoms with Gasteiger partial charge in [-0.1, -0.05) is 0 Å². The molecular formula is C8H11N3O3. The molecule has 2 aliphatic rings. The number of carbonyl (C=O) groups excluding carboxylic acids is 1. The summed E-state index contributed by atoms with van der Waals surface area (Å²) in [5, 5.41) is 9.66. The number of fused-ring (bicyclic) bond motifs is 1. The summed E-state index contributed by atoms with van der Waals surface area (Å²) in [6, 6.07) is -0.279. The van der Waals surface area contributed by atoms with Gasteiger partial charge in [-0.05, 0) is 18.9 Å². The first-order chi connectivity index (χ1) is 6.68. The molecule has 0 aromatic heterocycles. The van der Waals surface area contributed by atoms with Gasteiger partial charge in [0.05, 0.1) is 0 Å². The number of amides is 2. The second-order valence-corrected chi connectivity index (χ2v) is 3.26. The van der Waals surface area contributed by atoms with Crippen LogP contribution in [0.3, 0.4) is 0 Å². The largest absolute Gasteiger partial charge is 0.480 e. The van der Waals surface area contributed by atoms with Gasteiger partial charge in [-0.2, -0.15) is 0 Å². The summed E-state index contributed by atoms with van der Waals surface area (Å²) in [6.45, 7) is 0.348. The number of hydrogen-bond acceptors (Lipinski definition) is 3. The fourth-order valence-corrected chi connectivity index (χ4v) is 1.60. The maximum Gasteiger partial charge on any atom is 0.344 e. The number of nitrogens with zero attached hydrogens (tertiary/aromatic N) is 2. The fourth-order valence-electron chi connectivity index (χ4n) is 1.60. The van der Waals surface area contributed by atoms with E-state index in [1.54, 1.807) is 4.90 Å². The number of urea groups is 1. The molecule has 0 aliphatic carbocycles. The van der Waals surface area contributed by atoms with Gasteiger partial charge in [0.2, 0.25) is 0 Å². The molecule has 1 fully saturated rings. The van der Waals surface area contributed by atoms with Crippen molar-refractivity contribution in [3.05, 3.63) is 11.9 Å². The number of rotatable bonds is 2. The minimum Gasteiger partial charge on any atom is -0.480 e. The van der Waals surface area contributed by atoms with E-state index in [1.807, 2.05) is 6.08 Å². The maximum atomic E-state index is 11.6. The molecular weight excluding hydrogens is 186 g/mol. The Balaban J connectivity index is 2.11. The van der Waals surface area contributed by atoms with Crippen molar-refractivity contribution in [2.45, 2.75) is 12.8 Å². The zero-order valence-electron chi connectivity index (χ0n) is 7.56. The summed E-state index contributed by atoms with van der Waals surface area (Å²) < 4.78 is 0. The molecule has 0 spiro atoms. The molecule has 0 atom stereocenters. The minimum absolute atomic E-state index is 0.279. The SMILES string of the molecule is O=C(O)CN1NC2=CCCCN2C1=O. The molecule has 1 saturated heterocycles. The Hall–Kier alpha value is -1.72. The van der Waals surface area contributed by atoms with Crippen molar-refractivity contribution < 1.29 is 14.7 Å². The number of carboxylic acid groups (broad SMARTS) is 1. The first-order valence-corrected chi connectivity index (χ1v) is 4.46. The summed E-state index contributed by atoms with van der Waals surface area (Å²) in [5.74, 6) is -0.311. The lowest BCUT2D eigenvalue weighted by molar-refractivity contribution is -0.137. The molecule has 0 aromatic rings. The normalized spacial score (nSPS) is 20.3. The van der Waals surface area contributed by atoms with Gasteiger partial charge >= 0.3 is 12.0 Å². The molecule has 0 radical (unpaired) electrons. The predicted octanol–water partition coefficient (Wildman–Crippen LogP) is -0.0516. The maximum absolute atomic E-state index is 11.6. The van der Waals surface area contributed by atoms with Crippen LogP contribution in [0.1, 0.15) is 12.8 Å². The average molecular weight is 197 g/mol. The Kier molecular flexibility index (Phi) is 2.03. The van der Waals surface area contributed by atoms with Crippen LogP contribution >= 0.6 is 0 Å². The molecule has 2 aliphatic heterocycles. The Morgan fingerprint density at radius 2 is 2.43 bits per heavy atom. The molecule has 2 amide bonds.